The van der Waals surface area contributed by atoms with E-state index in [2.05, 4.69) is 34.2 Å². The zero-order chi connectivity index (χ0) is 17.1. The number of guanidine groups is 1. The minimum Gasteiger partial charge on any atom is -0.454 e. The number of hydrogen-bond donors (Lipinski definition) is 1. The first-order valence-corrected chi connectivity index (χ1v) is 9.46. The van der Waals surface area contributed by atoms with Gasteiger partial charge < -0.3 is 19.7 Å². The Labute approximate surface area is 172 Å². The minimum absolute atomic E-state index is 0. The fraction of sp³-hybridized carbons (Fsp3) is 0.632. The molecule has 1 aromatic carbocycles. The molecule has 6 nitrogen and oxygen atoms in total. The van der Waals surface area contributed by atoms with Crippen LogP contribution >= 0.6 is 24.0 Å². The van der Waals surface area contributed by atoms with E-state index in [9.17, 15) is 0 Å². The van der Waals surface area contributed by atoms with E-state index in [-0.39, 0.29) is 24.0 Å². The largest absolute Gasteiger partial charge is 0.454 e. The number of fused-ring (bicyclic) bond motifs is 1. The molecule has 0 radical (unpaired) electrons. The summed E-state index contributed by atoms with van der Waals surface area (Å²) in [7, 11) is 0. The number of nitrogens with zero attached hydrogens (tertiary/aromatic N) is 3. The Hall–Kier alpha value is -1.22. The third-order valence-electron chi connectivity index (χ3n) is 5.05. The molecular formula is C19H29IN4O2. The Morgan fingerprint density at radius 1 is 1.15 bits per heavy atom. The summed E-state index contributed by atoms with van der Waals surface area (Å²) in [6.45, 7) is 9.53. The predicted molar refractivity (Wildman–Crippen MR) is 114 cm³/mol. The van der Waals surface area contributed by atoms with Gasteiger partial charge in [-0.1, -0.05) is 6.07 Å². The van der Waals surface area contributed by atoms with Crippen molar-refractivity contribution in [1.82, 2.24) is 15.1 Å². The molecule has 0 bridgehead atoms. The molecule has 0 amide bonds. The molecule has 1 N–H and O–H groups in total. The highest BCUT2D eigenvalue weighted by atomic mass is 127. The molecule has 1 saturated heterocycles. The van der Waals surface area contributed by atoms with Gasteiger partial charge in [0.15, 0.2) is 17.5 Å². The lowest BCUT2D eigenvalue weighted by Crippen LogP contribution is -2.52. The molecule has 2 heterocycles. The van der Waals surface area contributed by atoms with Crippen molar-refractivity contribution < 1.29 is 9.47 Å². The fourth-order valence-electron chi connectivity index (χ4n) is 3.36. The molecule has 1 aromatic rings. The molecule has 0 atom stereocenters. The number of benzene rings is 1. The molecule has 1 aliphatic carbocycles. The Morgan fingerprint density at radius 3 is 2.65 bits per heavy atom. The van der Waals surface area contributed by atoms with Gasteiger partial charge in [-0.15, -0.1) is 24.0 Å². The van der Waals surface area contributed by atoms with Gasteiger partial charge in [0.25, 0.3) is 0 Å². The van der Waals surface area contributed by atoms with Gasteiger partial charge in [0.2, 0.25) is 6.79 Å². The molecular weight excluding hydrogens is 443 g/mol. The molecule has 3 aliphatic rings. The summed E-state index contributed by atoms with van der Waals surface area (Å²) in [5, 5.41) is 3.46. The molecule has 7 heteroatoms. The van der Waals surface area contributed by atoms with E-state index in [1.165, 1.54) is 18.4 Å². The second-order valence-corrected chi connectivity index (χ2v) is 7.09. The van der Waals surface area contributed by atoms with Crippen molar-refractivity contribution in [2.24, 2.45) is 10.9 Å². The molecule has 2 fully saturated rings. The number of piperazine rings is 1. The number of aliphatic imine (C=N–C) groups is 1. The molecule has 0 aromatic heterocycles. The van der Waals surface area contributed by atoms with Crippen molar-refractivity contribution in [1.29, 1.82) is 0 Å². The molecule has 144 valence electrons. The highest BCUT2D eigenvalue weighted by Crippen LogP contribution is 2.33. The molecule has 0 spiro atoms. The lowest BCUT2D eigenvalue weighted by Gasteiger charge is -2.36. The smallest absolute Gasteiger partial charge is 0.231 e. The molecule has 0 unspecified atom stereocenters. The van der Waals surface area contributed by atoms with Crippen LogP contribution in [-0.4, -0.2) is 61.8 Å². The summed E-state index contributed by atoms with van der Waals surface area (Å²) in [4.78, 5) is 9.73. The van der Waals surface area contributed by atoms with Gasteiger partial charge >= 0.3 is 0 Å². The van der Waals surface area contributed by atoms with E-state index in [1.54, 1.807) is 0 Å². The average Bonchev–Trinajstić information content (AvgIpc) is 3.35. The summed E-state index contributed by atoms with van der Waals surface area (Å²) in [6.07, 6.45) is 2.71. The normalized spacial score (nSPS) is 20.0. The number of ether oxygens (including phenoxy) is 2. The maximum Gasteiger partial charge on any atom is 0.231 e. The van der Waals surface area contributed by atoms with Crippen LogP contribution in [0.3, 0.4) is 0 Å². The van der Waals surface area contributed by atoms with Gasteiger partial charge in [-0.25, -0.2) is 0 Å². The van der Waals surface area contributed by atoms with Crippen molar-refractivity contribution in [2.75, 3.05) is 46.1 Å². The van der Waals surface area contributed by atoms with E-state index in [1.807, 2.05) is 6.07 Å². The number of nitrogens with one attached hydrogen (secondary N) is 1. The van der Waals surface area contributed by atoms with E-state index in [4.69, 9.17) is 14.5 Å². The molecule has 4 rings (SSSR count). The van der Waals surface area contributed by atoms with Crippen LogP contribution in [0.1, 0.15) is 25.3 Å². The quantitative estimate of drug-likeness (QED) is 0.406. The lowest BCUT2D eigenvalue weighted by atomic mass is 10.1. The fourth-order valence-corrected chi connectivity index (χ4v) is 3.36. The van der Waals surface area contributed by atoms with Crippen molar-refractivity contribution in [3.63, 3.8) is 0 Å². The van der Waals surface area contributed by atoms with E-state index in [0.29, 0.717) is 6.79 Å². The van der Waals surface area contributed by atoms with Gasteiger partial charge in [-0.2, -0.15) is 0 Å². The summed E-state index contributed by atoms with van der Waals surface area (Å²) in [5.41, 5.74) is 1.28. The standard InChI is InChI=1S/C19H28N4O2.HI/c1-2-20-19(21-12-15-3-4-15)23-9-7-22(8-10-23)13-16-5-6-17-18(11-16)25-14-24-17;/h5-6,11,15H,2-4,7-10,12-14H2,1H3,(H,20,21);1H. The molecule has 26 heavy (non-hydrogen) atoms. The zero-order valence-electron chi connectivity index (χ0n) is 15.4. The van der Waals surface area contributed by atoms with E-state index >= 15 is 0 Å². The predicted octanol–water partition coefficient (Wildman–Crippen LogP) is 2.53. The highest BCUT2D eigenvalue weighted by Gasteiger charge is 2.23. The molecule has 1 saturated carbocycles. The van der Waals surface area contributed by atoms with Crippen molar-refractivity contribution in [2.45, 2.75) is 26.3 Å². The maximum atomic E-state index is 5.48. The van der Waals surface area contributed by atoms with Crippen LogP contribution < -0.4 is 14.8 Å². The van der Waals surface area contributed by atoms with Gasteiger partial charge in [0, 0.05) is 45.8 Å². The Bertz CT molecular complexity index is 628. The average molecular weight is 472 g/mol. The van der Waals surface area contributed by atoms with Crippen LogP contribution in [0.15, 0.2) is 23.2 Å². The van der Waals surface area contributed by atoms with Crippen LogP contribution in [0.5, 0.6) is 11.5 Å². The summed E-state index contributed by atoms with van der Waals surface area (Å²) in [5.74, 6) is 3.66. The molecule has 2 aliphatic heterocycles. The van der Waals surface area contributed by atoms with Crippen LogP contribution in [0.4, 0.5) is 0 Å². The number of hydrogen-bond acceptors (Lipinski definition) is 4. The van der Waals surface area contributed by atoms with Crippen molar-refractivity contribution in [3.8, 4) is 11.5 Å². The van der Waals surface area contributed by atoms with Gasteiger partial charge in [-0.05, 0) is 43.4 Å². The number of halogens is 1. The maximum absolute atomic E-state index is 5.48. The monoisotopic (exact) mass is 472 g/mol. The second kappa shape index (κ2) is 9.12. The Morgan fingerprint density at radius 2 is 1.92 bits per heavy atom. The van der Waals surface area contributed by atoms with Gasteiger partial charge in [-0.3, -0.25) is 9.89 Å². The van der Waals surface area contributed by atoms with Crippen LogP contribution in [0.2, 0.25) is 0 Å². The van der Waals surface area contributed by atoms with Crippen LogP contribution in [-0.2, 0) is 6.54 Å². The first-order chi connectivity index (χ1) is 12.3. The summed E-state index contributed by atoms with van der Waals surface area (Å²) in [6, 6.07) is 6.26. The first-order valence-electron chi connectivity index (χ1n) is 9.46. The SMILES string of the molecule is CCNC(=NCC1CC1)N1CCN(Cc2ccc3c(c2)OCO3)CC1.I. The van der Waals surface area contributed by atoms with E-state index in [0.717, 1.165) is 69.2 Å². The lowest BCUT2D eigenvalue weighted by molar-refractivity contribution is 0.171. The van der Waals surface area contributed by atoms with Crippen LogP contribution in [0, 0.1) is 5.92 Å². The van der Waals surface area contributed by atoms with Crippen molar-refractivity contribution >= 4 is 29.9 Å². The highest BCUT2D eigenvalue weighted by molar-refractivity contribution is 14.0. The zero-order valence-corrected chi connectivity index (χ0v) is 17.8. The first kappa shape index (κ1) is 19.5. The van der Waals surface area contributed by atoms with Gasteiger partial charge in [0.05, 0.1) is 0 Å². The number of rotatable bonds is 5. The summed E-state index contributed by atoms with van der Waals surface area (Å²) < 4.78 is 10.9. The minimum atomic E-state index is 0. The Balaban J connectivity index is 0.00000196. The third kappa shape index (κ3) is 4.94. The van der Waals surface area contributed by atoms with E-state index < -0.39 is 0 Å². The second-order valence-electron chi connectivity index (χ2n) is 7.09. The van der Waals surface area contributed by atoms with Crippen LogP contribution in [0.25, 0.3) is 0 Å². The van der Waals surface area contributed by atoms with Crippen molar-refractivity contribution in [3.05, 3.63) is 23.8 Å². The topological polar surface area (TPSA) is 49.3 Å². The van der Waals surface area contributed by atoms with Gasteiger partial charge in [0.1, 0.15) is 0 Å². The summed E-state index contributed by atoms with van der Waals surface area (Å²) >= 11 is 0. The third-order valence-corrected chi connectivity index (χ3v) is 5.05. The Kier molecular flexibility index (Phi) is 6.86.